The van der Waals surface area contributed by atoms with Crippen LogP contribution in [-0.4, -0.2) is 32.2 Å². The van der Waals surface area contributed by atoms with Crippen LogP contribution in [0.1, 0.15) is 24.0 Å². The van der Waals surface area contributed by atoms with Gasteiger partial charge in [-0.05, 0) is 56.2 Å². The number of methoxy groups -OCH3 is 1. The molecule has 0 fully saturated rings. The molecule has 1 heterocycles. The molecule has 0 atom stereocenters. The molecular weight excluding hydrogens is 420 g/mol. The molecule has 0 radical (unpaired) electrons. The molecule has 1 amide bonds. The van der Waals surface area contributed by atoms with Gasteiger partial charge in [-0.2, -0.15) is 0 Å². The van der Waals surface area contributed by atoms with Gasteiger partial charge in [0, 0.05) is 17.4 Å². The third-order valence-corrected chi connectivity index (χ3v) is 7.23. The number of amides is 1. The first kappa shape index (κ1) is 22.0. The predicted octanol–water partition coefficient (Wildman–Crippen LogP) is 4.63. The van der Waals surface area contributed by atoms with Crippen LogP contribution in [0.5, 0.6) is 5.75 Å². The minimum Gasteiger partial charge on any atom is -0.497 e. The number of carbonyl (C=O) groups excluding carboxylic acids is 1. The summed E-state index contributed by atoms with van der Waals surface area (Å²) in [7, 11) is -1.92. The number of thiazole rings is 1. The van der Waals surface area contributed by atoms with E-state index in [1.54, 1.807) is 12.1 Å². The number of nitrogens with zero attached hydrogens (tertiary/aromatic N) is 1. The normalized spacial score (nSPS) is 11.3. The van der Waals surface area contributed by atoms with E-state index in [4.69, 9.17) is 4.74 Å². The van der Waals surface area contributed by atoms with Gasteiger partial charge < -0.3 is 10.1 Å². The van der Waals surface area contributed by atoms with Gasteiger partial charge in [-0.25, -0.2) is 13.4 Å². The molecule has 0 saturated heterocycles. The SMILES string of the molecule is COc1ccc(S(=O)(=O)CCCC(=O)Nc2nc(-c3cc(C)ccc3C)cs2)cc1. The average molecular weight is 445 g/mol. The summed E-state index contributed by atoms with van der Waals surface area (Å²) >= 11 is 1.35. The van der Waals surface area contributed by atoms with Crippen LogP contribution >= 0.6 is 11.3 Å². The van der Waals surface area contributed by atoms with E-state index >= 15 is 0 Å². The van der Waals surface area contributed by atoms with Crippen LogP contribution in [-0.2, 0) is 14.6 Å². The maximum atomic E-state index is 12.4. The third kappa shape index (κ3) is 5.46. The van der Waals surface area contributed by atoms with Crippen LogP contribution in [0.4, 0.5) is 5.13 Å². The number of aromatic nitrogens is 1. The summed E-state index contributed by atoms with van der Waals surface area (Å²) in [5.74, 6) is 0.247. The van der Waals surface area contributed by atoms with E-state index in [9.17, 15) is 13.2 Å². The fraction of sp³-hybridized carbons (Fsp3) is 0.273. The smallest absolute Gasteiger partial charge is 0.226 e. The first-order valence-electron chi connectivity index (χ1n) is 9.48. The monoisotopic (exact) mass is 444 g/mol. The molecule has 2 aromatic carbocycles. The minimum absolute atomic E-state index is 0.0989. The number of rotatable bonds is 8. The number of nitrogens with one attached hydrogen (secondary N) is 1. The van der Waals surface area contributed by atoms with Gasteiger partial charge in [-0.3, -0.25) is 4.79 Å². The molecule has 1 aromatic heterocycles. The van der Waals surface area contributed by atoms with E-state index < -0.39 is 9.84 Å². The Bertz CT molecular complexity index is 1140. The summed E-state index contributed by atoms with van der Waals surface area (Å²) in [6.07, 6.45) is 0.336. The van der Waals surface area contributed by atoms with Gasteiger partial charge in [0.1, 0.15) is 5.75 Å². The van der Waals surface area contributed by atoms with E-state index in [1.807, 2.05) is 31.4 Å². The fourth-order valence-corrected chi connectivity index (χ4v) is 5.01. The predicted molar refractivity (Wildman–Crippen MR) is 120 cm³/mol. The van der Waals surface area contributed by atoms with Crippen molar-refractivity contribution in [2.24, 2.45) is 0 Å². The largest absolute Gasteiger partial charge is 0.497 e. The zero-order valence-corrected chi connectivity index (χ0v) is 18.8. The van der Waals surface area contributed by atoms with Crippen LogP contribution in [0.2, 0.25) is 0 Å². The second kappa shape index (κ2) is 9.40. The molecule has 0 aliphatic heterocycles. The van der Waals surface area contributed by atoms with E-state index in [0.717, 1.165) is 22.4 Å². The molecule has 6 nitrogen and oxygen atoms in total. The van der Waals surface area contributed by atoms with Crippen molar-refractivity contribution in [3.05, 3.63) is 59.0 Å². The van der Waals surface area contributed by atoms with Gasteiger partial charge in [0.05, 0.1) is 23.5 Å². The van der Waals surface area contributed by atoms with Gasteiger partial charge in [0.15, 0.2) is 15.0 Å². The summed E-state index contributed by atoms with van der Waals surface area (Å²) in [4.78, 5) is 17.0. The number of anilines is 1. The van der Waals surface area contributed by atoms with E-state index in [0.29, 0.717) is 10.9 Å². The molecular formula is C22H24N2O4S2. The lowest BCUT2D eigenvalue weighted by atomic mass is 10.0. The Kier molecular flexibility index (Phi) is 6.89. The lowest BCUT2D eigenvalue weighted by Gasteiger charge is -2.06. The second-order valence-electron chi connectivity index (χ2n) is 7.00. The molecule has 3 aromatic rings. The number of carbonyl (C=O) groups is 1. The molecule has 3 rings (SSSR count). The van der Waals surface area contributed by atoms with Crippen molar-refractivity contribution < 1.29 is 17.9 Å². The average Bonchev–Trinajstić information content (AvgIpc) is 3.17. The number of ether oxygens (including phenoxy) is 1. The Labute approximate surface area is 180 Å². The molecule has 0 aliphatic rings. The maximum Gasteiger partial charge on any atom is 0.226 e. The van der Waals surface area contributed by atoms with E-state index in [2.05, 4.69) is 16.4 Å². The summed E-state index contributed by atoms with van der Waals surface area (Å²) in [6.45, 7) is 4.05. The molecule has 1 N–H and O–H groups in total. The number of hydrogen-bond acceptors (Lipinski definition) is 6. The van der Waals surface area contributed by atoms with Crippen LogP contribution in [0.3, 0.4) is 0 Å². The van der Waals surface area contributed by atoms with Crippen LogP contribution < -0.4 is 10.1 Å². The number of benzene rings is 2. The zero-order valence-electron chi connectivity index (χ0n) is 17.1. The van der Waals surface area contributed by atoms with Crippen molar-refractivity contribution >= 4 is 32.2 Å². The summed E-state index contributed by atoms with van der Waals surface area (Å²) in [6, 6.07) is 12.4. The molecule has 0 unspecified atom stereocenters. The van der Waals surface area contributed by atoms with Crippen LogP contribution in [0.25, 0.3) is 11.3 Å². The van der Waals surface area contributed by atoms with E-state index in [1.165, 1.54) is 30.6 Å². The fourth-order valence-electron chi connectivity index (χ4n) is 2.97. The highest BCUT2D eigenvalue weighted by molar-refractivity contribution is 7.91. The van der Waals surface area contributed by atoms with Crippen molar-refractivity contribution in [3.63, 3.8) is 0 Å². The van der Waals surface area contributed by atoms with Gasteiger partial charge in [-0.1, -0.05) is 17.7 Å². The van der Waals surface area contributed by atoms with Gasteiger partial charge in [-0.15, -0.1) is 11.3 Å². The first-order chi connectivity index (χ1) is 14.3. The Morgan fingerprint density at radius 2 is 1.87 bits per heavy atom. The van der Waals surface area contributed by atoms with Gasteiger partial charge in [0.25, 0.3) is 0 Å². The van der Waals surface area contributed by atoms with Crippen molar-refractivity contribution in [2.75, 3.05) is 18.2 Å². The molecule has 158 valence electrons. The summed E-state index contributed by atoms with van der Waals surface area (Å²) in [5.41, 5.74) is 4.12. The Morgan fingerprint density at radius 3 is 2.57 bits per heavy atom. The zero-order chi connectivity index (χ0) is 21.7. The first-order valence-corrected chi connectivity index (χ1v) is 12.0. The molecule has 8 heteroatoms. The van der Waals surface area contributed by atoms with Crippen LogP contribution in [0.15, 0.2) is 52.7 Å². The second-order valence-corrected chi connectivity index (χ2v) is 9.97. The highest BCUT2D eigenvalue weighted by Gasteiger charge is 2.16. The quantitative estimate of drug-likeness (QED) is 0.548. The van der Waals surface area contributed by atoms with E-state index in [-0.39, 0.29) is 29.4 Å². The summed E-state index contributed by atoms with van der Waals surface area (Å²) in [5, 5.41) is 5.18. The number of hydrogen-bond donors (Lipinski definition) is 1. The highest BCUT2D eigenvalue weighted by atomic mass is 32.2. The van der Waals surface area contributed by atoms with Crippen molar-refractivity contribution in [3.8, 4) is 17.0 Å². The maximum absolute atomic E-state index is 12.4. The lowest BCUT2D eigenvalue weighted by Crippen LogP contribution is -2.14. The molecule has 0 saturated carbocycles. The van der Waals surface area contributed by atoms with Crippen molar-refractivity contribution in [2.45, 2.75) is 31.6 Å². The Morgan fingerprint density at radius 1 is 1.13 bits per heavy atom. The van der Waals surface area contributed by atoms with Crippen molar-refractivity contribution in [1.82, 2.24) is 4.98 Å². The highest BCUT2D eigenvalue weighted by Crippen LogP contribution is 2.28. The topological polar surface area (TPSA) is 85.4 Å². The molecule has 0 bridgehead atoms. The number of sulfone groups is 1. The van der Waals surface area contributed by atoms with Gasteiger partial charge >= 0.3 is 0 Å². The number of aryl methyl sites for hydroxylation is 2. The lowest BCUT2D eigenvalue weighted by molar-refractivity contribution is -0.116. The molecule has 0 aliphatic carbocycles. The van der Waals surface area contributed by atoms with Gasteiger partial charge in [0.2, 0.25) is 5.91 Å². The molecule has 0 spiro atoms. The van der Waals surface area contributed by atoms with Crippen molar-refractivity contribution in [1.29, 1.82) is 0 Å². The standard InChI is InChI=1S/C22H24N2O4S2/c1-15-6-7-16(2)19(13-15)20-14-29-22(23-20)24-21(25)5-4-12-30(26,27)18-10-8-17(28-3)9-11-18/h6-11,13-14H,4-5,12H2,1-3H3,(H,23,24,25). The third-order valence-electron chi connectivity index (χ3n) is 4.66. The minimum atomic E-state index is -3.44. The molecule has 30 heavy (non-hydrogen) atoms. The Balaban J connectivity index is 1.55. The Hall–Kier alpha value is -2.71. The summed E-state index contributed by atoms with van der Waals surface area (Å²) < 4.78 is 29.9. The van der Waals surface area contributed by atoms with Crippen LogP contribution in [0, 0.1) is 13.8 Å².